The Kier molecular flexibility index (Phi) is 8.58. The van der Waals surface area contributed by atoms with E-state index in [9.17, 15) is 9.59 Å². The van der Waals surface area contributed by atoms with Crippen LogP contribution in [0.4, 0.5) is 5.69 Å². The summed E-state index contributed by atoms with van der Waals surface area (Å²) in [4.78, 5) is 30.4. The second kappa shape index (κ2) is 12.0. The monoisotopic (exact) mass is 576 g/mol. The first-order chi connectivity index (χ1) is 18.3. The van der Waals surface area contributed by atoms with Crippen LogP contribution in [0, 0.1) is 6.92 Å². The maximum Gasteiger partial charge on any atom is 0.282 e. The molecule has 1 aromatic heterocycles. The minimum absolute atomic E-state index is 0.0315. The van der Waals surface area contributed by atoms with E-state index in [4.69, 9.17) is 14.5 Å². The Morgan fingerprint density at radius 2 is 1.95 bits per heavy atom. The molecule has 1 atom stereocenters. The topological polar surface area (TPSA) is 94.8 Å². The van der Waals surface area contributed by atoms with Gasteiger partial charge >= 0.3 is 0 Å². The molecule has 0 radical (unpaired) electrons. The highest BCUT2D eigenvalue weighted by atomic mass is 79.9. The Bertz CT molecular complexity index is 1560. The summed E-state index contributed by atoms with van der Waals surface area (Å²) in [6.45, 7) is 5.81. The van der Waals surface area contributed by atoms with Crippen molar-refractivity contribution >= 4 is 44.6 Å². The number of nitrogens with zero attached hydrogens (tertiary/aromatic N) is 3. The lowest BCUT2D eigenvalue weighted by molar-refractivity contribution is -0.118. The predicted molar refractivity (Wildman–Crippen MR) is 154 cm³/mol. The molecule has 38 heavy (non-hydrogen) atoms. The number of anilines is 1. The van der Waals surface area contributed by atoms with E-state index in [1.54, 1.807) is 30.5 Å². The first-order valence-corrected chi connectivity index (χ1v) is 13.0. The Morgan fingerprint density at radius 1 is 1.16 bits per heavy atom. The van der Waals surface area contributed by atoms with Crippen LogP contribution >= 0.6 is 15.9 Å². The quantitative estimate of drug-likeness (QED) is 0.251. The number of hydrogen-bond acceptors (Lipinski definition) is 6. The van der Waals surface area contributed by atoms with E-state index in [1.807, 2.05) is 57.2 Å². The molecule has 3 aromatic carbocycles. The number of amides is 1. The zero-order valence-corrected chi connectivity index (χ0v) is 23.3. The summed E-state index contributed by atoms with van der Waals surface area (Å²) in [5.41, 5.74) is 2.79. The van der Waals surface area contributed by atoms with E-state index < -0.39 is 0 Å². The smallest absolute Gasteiger partial charge is 0.282 e. The Labute approximate surface area is 229 Å². The van der Waals surface area contributed by atoms with Crippen molar-refractivity contribution in [3.8, 4) is 11.5 Å². The molecule has 0 saturated carbocycles. The fourth-order valence-electron chi connectivity index (χ4n) is 3.83. The van der Waals surface area contributed by atoms with E-state index in [2.05, 4.69) is 26.3 Å². The molecule has 9 heteroatoms. The van der Waals surface area contributed by atoms with Crippen molar-refractivity contribution < 1.29 is 14.3 Å². The number of methoxy groups -OCH3 is 1. The van der Waals surface area contributed by atoms with Gasteiger partial charge in [-0.1, -0.05) is 48.0 Å². The number of carbonyl (C=O) groups is 1. The van der Waals surface area contributed by atoms with Gasteiger partial charge in [-0.2, -0.15) is 9.78 Å². The largest absolute Gasteiger partial charge is 0.493 e. The molecule has 1 amide bonds. The molecule has 0 aliphatic rings. The maximum atomic E-state index is 13.3. The molecule has 1 N–H and O–H groups in total. The molecular formula is C29H29BrN4O4. The lowest BCUT2D eigenvalue weighted by Crippen LogP contribution is -2.23. The van der Waals surface area contributed by atoms with Gasteiger partial charge in [-0.3, -0.25) is 9.59 Å². The fourth-order valence-corrected chi connectivity index (χ4v) is 4.19. The SMILES string of the molecule is CC[C@@H](C)c1nc2ccc(Br)cc2c(=O)n1N=Cc1ccc(OCC(=O)Nc2ccccc2C)c(OC)c1. The number of nitrogens with one attached hydrogen (secondary N) is 1. The average molecular weight is 577 g/mol. The zero-order chi connectivity index (χ0) is 27.2. The van der Waals surface area contributed by atoms with Crippen molar-refractivity contribution in [2.24, 2.45) is 5.10 Å². The molecule has 0 fully saturated rings. The van der Waals surface area contributed by atoms with Crippen LogP contribution in [-0.4, -0.2) is 35.5 Å². The van der Waals surface area contributed by atoms with Crippen LogP contribution in [0.15, 0.2) is 75.0 Å². The first kappa shape index (κ1) is 27.1. The second-order valence-corrected chi connectivity index (χ2v) is 9.78. The molecule has 0 spiro atoms. The van der Waals surface area contributed by atoms with Crippen molar-refractivity contribution in [2.75, 3.05) is 19.0 Å². The molecule has 196 valence electrons. The van der Waals surface area contributed by atoms with E-state index in [1.165, 1.54) is 11.8 Å². The van der Waals surface area contributed by atoms with Crippen LogP contribution in [0.1, 0.15) is 43.1 Å². The van der Waals surface area contributed by atoms with Gasteiger partial charge < -0.3 is 14.8 Å². The molecule has 4 aromatic rings. The number of aryl methyl sites for hydroxylation is 1. The standard InChI is InChI=1S/C29H29BrN4O4/c1-5-18(2)28-33-24-12-11-21(30)15-22(24)29(36)34(28)31-16-20-10-13-25(26(14-20)37-4)38-17-27(35)32-23-9-7-6-8-19(23)3/h6-16,18H,5,17H2,1-4H3,(H,32,35)/t18-/m1/s1. The Balaban J connectivity index is 1.56. The number of aromatic nitrogens is 2. The molecule has 0 aliphatic heterocycles. The first-order valence-electron chi connectivity index (χ1n) is 12.2. The van der Waals surface area contributed by atoms with Gasteiger partial charge in [0.2, 0.25) is 0 Å². The Morgan fingerprint density at radius 3 is 2.68 bits per heavy atom. The number of rotatable bonds is 9. The molecule has 0 saturated heterocycles. The van der Waals surface area contributed by atoms with Crippen molar-refractivity contribution in [1.82, 2.24) is 9.66 Å². The number of halogens is 1. The minimum atomic E-state index is -0.278. The van der Waals surface area contributed by atoms with E-state index in [0.29, 0.717) is 33.8 Å². The zero-order valence-electron chi connectivity index (χ0n) is 21.7. The summed E-state index contributed by atoms with van der Waals surface area (Å²) >= 11 is 3.43. The van der Waals surface area contributed by atoms with Crippen LogP contribution in [0.25, 0.3) is 10.9 Å². The van der Waals surface area contributed by atoms with Crippen LogP contribution in [0.2, 0.25) is 0 Å². The highest BCUT2D eigenvalue weighted by molar-refractivity contribution is 9.10. The van der Waals surface area contributed by atoms with Crippen molar-refractivity contribution in [2.45, 2.75) is 33.1 Å². The van der Waals surface area contributed by atoms with Crippen LogP contribution in [0.3, 0.4) is 0 Å². The van der Waals surface area contributed by atoms with Gasteiger partial charge in [-0.05, 0) is 66.9 Å². The third-order valence-electron chi connectivity index (χ3n) is 6.17. The lowest BCUT2D eigenvalue weighted by atomic mass is 10.1. The van der Waals surface area contributed by atoms with Gasteiger partial charge in [0.25, 0.3) is 11.5 Å². The summed E-state index contributed by atoms with van der Waals surface area (Å²) in [6.07, 6.45) is 2.39. The summed E-state index contributed by atoms with van der Waals surface area (Å²) in [5.74, 6) is 1.20. The van der Waals surface area contributed by atoms with Gasteiger partial charge in [0, 0.05) is 16.1 Å². The maximum absolute atomic E-state index is 13.3. The van der Waals surface area contributed by atoms with E-state index >= 15 is 0 Å². The Hall–Kier alpha value is -3.98. The molecule has 0 bridgehead atoms. The van der Waals surface area contributed by atoms with Gasteiger partial charge in [0.15, 0.2) is 18.1 Å². The van der Waals surface area contributed by atoms with Crippen molar-refractivity contribution in [3.63, 3.8) is 0 Å². The van der Waals surface area contributed by atoms with Crippen LogP contribution in [-0.2, 0) is 4.79 Å². The van der Waals surface area contributed by atoms with Crippen LogP contribution < -0.4 is 20.3 Å². The summed E-state index contributed by atoms with van der Waals surface area (Å²) < 4.78 is 13.3. The molecule has 0 unspecified atom stereocenters. The summed E-state index contributed by atoms with van der Waals surface area (Å²) in [7, 11) is 1.52. The van der Waals surface area contributed by atoms with Gasteiger partial charge in [-0.15, -0.1) is 0 Å². The molecule has 1 heterocycles. The third-order valence-corrected chi connectivity index (χ3v) is 6.67. The highest BCUT2D eigenvalue weighted by Crippen LogP contribution is 2.28. The number of ether oxygens (including phenoxy) is 2. The number of fused-ring (bicyclic) bond motifs is 1. The average Bonchev–Trinajstić information content (AvgIpc) is 2.92. The van der Waals surface area contributed by atoms with Crippen molar-refractivity contribution in [1.29, 1.82) is 0 Å². The normalized spacial score (nSPS) is 12.0. The number of carbonyl (C=O) groups excluding carboxylic acids is 1. The van der Waals surface area contributed by atoms with Gasteiger partial charge in [0.1, 0.15) is 5.82 Å². The predicted octanol–water partition coefficient (Wildman–Crippen LogP) is 5.89. The number of hydrogen-bond donors (Lipinski definition) is 1. The van der Waals surface area contributed by atoms with Crippen molar-refractivity contribution in [3.05, 3.63) is 92.4 Å². The van der Waals surface area contributed by atoms with Gasteiger partial charge in [-0.25, -0.2) is 4.98 Å². The molecule has 4 rings (SSSR count). The van der Waals surface area contributed by atoms with Gasteiger partial charge in [0.05, 0.1) is 24.2 Å². The molecule has 8 nitrogen and oxygen atoms in total. The van der Waals surface area contributed by atoms with E-state index in [-0.39, 0.29) is 24.0 Å². The lowest BCUT2D eigenvalue weighted by Gasteiger charge is -2.14. The third kappa shape index (κ3) is 6.11. The summed E-state index contributed by atoms with van der Waals surface area (Å²) in [6, 6.07) is 18.2. The minimum Gasteiger partial charge on any atom is -0.493 e. The van der Waals surface area contributed by atoms with E-state index in [0.717, 1.165) is 22.1 Å². The highest BCUT2D eigenvalue weighted by Gasteiger charge is 2.16. The summed E-state index contributed by atoms with van der Waals surface area (Å²) in [5, 5.41) is 7.82. The number of para-hydroxylation sites is 1. The molecule has 0 aliphatic carbocycles. The second-order valence-electron chi connectivity index (χ2n) is 8.86. The fraction of sp³-hybridized carbons (Fsp3) is 0.241. The van der Waals surface area contributed by atoms with Crippen LogP contribution in [0.5, 0.6) is 11.5 Å². The molecular weight excluding hydrogens is 548 g/mol. The number of benzene rings is 3.